The quantitative estimate of drug-likeness (QED) is 0.727. The van der Waals surface area contributed by atoms with E-state index in [1.807, 2.05) is 19.1 Å². The Bertz CT molecular complexity index is 622. The molecule has 2 rings (SSSR count). The molecule has 0 spiro atoms. The monoisotopic (exact) mass is 305 g/mol. The first-order chi connectivity index (χ1) is 10.1. The first kappa shape index (κ1) is 15.6. The lowest BCUT2D eigenvalue weighted by Crippen LogP contribution is -1.97. The molecule has 0 fully saturated rings. The fourth-order valence-corrected chi connectivity index (χ4v) is 2.79. The van der Waals surface area contributed by atoms with Crippen LogP contribution in [0.1, 0.15) is 41.4 Å². The predicted octanol–water partition coefficient (Wildman–Crippen LogP) is 3.88. The van der Waals surface area contributed by atoms with Crippen LogP contribution in [0.25, 0.3) is 0 Å². The number of hydrogen-bond donors (Lipinski definition) is 0. The van der Waals surface area contributed by atoms with E-state index < -0.39 is 0 Å². The van der Waals surface area contributed by atoms with Gasteiger partial charge in [0, 0.05) is 23.3 Å². The minimum absolute atomic E-state index is 0.0594. The van der Waals surface area contributed by atoms with Crippen LogP contribution in [0.3, 0.4) is 0 Å². The average molecular weight is 305 g/mol. The van der Waals surface area contributed by atoms with E-state index in [0.717, 1.165) is 35.1 Å². The minimum atomic E-state index is 0.0594. The molecule has 0 unspecified atom stereocenters. The van der Waals surface area contributed by atoms with E-state index in [2.05, 4.69) is 4.98 Å². The molecule has 5 heteroatoms. The van der Waals surface area contributed by atoms with Crippen LogP contribution >= 0.6 is 11.8 Å². The van der Waals surface area contributed by atoms with E-state index >= 15 is 0 Å². The summed E-state index contributed by atoms with van der Waals surface area (Å²) in [6.07, 6.45) is 2.62. The molecular formula is C16H19NO3S. The first-order valence-electron chi connectivity index (χ1n) is 6.83. The number of aromatic nitrogens is 1. The molecular weight excluding hydrogens is 286 g/mol. The van der Waals surface area contributed by atoms with Crippen LogP contribution in [0.2, 0.25) is 0 Å². The van der Waals surface area contributed by atoms with E-state index in [0.29, 0.717) is 11.3 Å². The van der Waals surface area contributed by atoms with Crippen molar-refractivity contribution in [2.24, 2.45) is 0 Å². The molecule has 112 valence electrons. The maximum absolute atomic E-state index is 11.5. The summed E-state index contributed by atoms with van der Waals surface area (Å²) < 4.78 is 10.9. The van der Waals surface area contributed by atoms with Crippen molar-refractivity contribution in [1.82, 2.24) is 4.98 Å². The highest BCUT2D eigenvalue weighted by Gasteiger charge is 2.09. The maximum Gasteiger partial charge on any atom is 0.204 e. The Hall–Kier alpha value is -1.75. The van der Waals surface area contributed by atoms with Crippen LogP contribution in [0.15, 0.2) is 28.8 Å². The smallest absolute Gasteiger partial charge is 0.204 e. The van der Waals surface area contributed by atoms with Gasteiger partial charge in [0.1, 0.15) is 11.5 Å². The summed E-state index contributed by atoms with van der Waals surface area (Å²) in [5, 5.41) is 0. The number of thioether (sulfide) groups is 1. The summed E-state index contributed by atoms with van der Waals surface area (Å²) in [7, 11) is 1.64. The Labute approximate surface area is 128 Å². The van der Waals surface area contributed by atoms with Crippen molar-refractivity contribution in [3.63, 3.8) is 0 Å². The zero-order valence-electron chi connectivity index (χ0n) is 12.5. The molecule has 0 radical (unpaired) electrons. The van der Waals surface area contributed by atoms with Crippen molar-refractivity contribution in [3.8, 4) is 5.75 Å². The molecule has 0 aliphatic rings. The highest BCUT2D eigenvalue weighted by molar-refractivity contribution is 7.97. The van der Waals surface area contributed by atoms with Gasteiger partial charge in [-0.05, 0) is 25.1 Å². The first-order valence-corrected chi connectivity index (χ1v) is 7.98. The zero-order valence-corrected chi connectivity index (χ0v) is 13.3. The number of Topliss-reactive ketones (excluding diaryl/α,β-unsaturated/α-hetero) is 1. The Kier molecular flexibility index (Phi) is 5.44. The number of hydrogen-bond acceptors (Lipinski definition) is 5. The Morgan fingerprint density at radius 2 is 2.19 bits per heavy atom. The lowest BCUT2D eigenvalue weighted by Gasteiger charge is -2.09. The van der Waals surface area contributed by atoms with Gasteiger partial charge < -0.3 is 9.15 Å². The normalized spacial score (nSPS) is 10.6. The van der Waals surface area contributed by atoms with Crippen molar-refractivity contribution < 1.29 is 13.9 Å². The molecule has 1 aromatic carbocycles. The summed E-state index contributed by atoms with van der Waals surface area (Å²) in [6, 6.07) is 5.52. The van der Waals surface area contributed by atoms with E-state index in [9.17, 15) is 4.79 Å². The Morgan fingerprint density at radius 1 is 1.38 bits per heavy atom. The van der Waals surface area contributed by atoms with Gasteiger partial charge >= 0.3 is 0 Å². The topological polar surface area (TPSA) is 52.3 Å². The van der Waals surface area contributed by atoms with E-state index in [1.165, 1.54) is 0 Å². The second kappa shape index (κ2) is 7.31. The van der Waals surface area contributed by atoms with Gasteiger partial charge in [0.05, 0.1) is 19.1 Å². The van der Waals surface area contributed by atoms with Crippen molar-refractivity contribution in [2.75, 3.05) is 7.11 Å². The molecule has 0 atom stereocenters. The van der Waals surface area contributed by atoms with Gasteiger partial charge in [-0.1, -0.05) is 6.92 Å². The Balaban J connectivity index is 2.01. The molecule has 0 bridgehead atoms. The third kappa shape index (κ3) is 4.11. The largest absolute Gasteiger partial charge is 0.496 e. The molecule has 0 aliphatic carbocycles. The third-order valence-corrected chi connectivity index (χ3v) is 4.09. The van der Waals surface area contributed by atoms with E-state index in [1.54, 1.807) is 38.1 Å². The van der Waals surface area contributed by atoms with Crippen molar-refractivity contribution >= 4 is 17.5 Å². The number of ether oxygens (including phenoxy) is 1. The molecule has 0 saturated carbocycles. The molecule has 0 amide bonds. The van der Waals surface area contributed by atoms with Gasteiger partial charge in [-0.15, -0.1) is 11.8 Å². The lowest BCUT2D eigenvalue weighted by atomic mass is 10.1. The highest BCUT2D eigenvalue weighted by Crippen LogP contribution is 2.26. The summed E-state index contributed by atoms with van der Waals surface area (Å²) in [5.41, 5.74) is 1.72. The summed E-state index contributed by atoms with van der Waals surface area (Å²) in [4.78, 5) is 15.7. The number of rotatable bonds is 7. The number of aryl methyl sites for hydroxylation is 1. The number of methoxy groups -OCH3 is 1. The number of ketones is 1. The average Bonchev–Trinajstić information content (AvgIpc) is 2.95. The van der Waals surface area contributed by atoms with Crippen LogP contribution in [-0.2, 0) is 17.9 Å². The zero-order chi connectivity index (χ0) is 15.2. The van der Waals surface area contributed by atoms with Crippen molar-refractivity contribution in [1.29, 1.82) is 0 Å². The standard InChI is InChI=1S/C16H19NO3S/c1-4-14-8-17-16(20-14)10-21-9-13-7-12(11(2)18)5-6-15(13)19-3/h5-8H,4,9-10H2,1-3H3. The fraction of sp³-hybridized carbons (Fsp3) is 0.375. The molecule has 4 nitrogen and oxygen atoms in total. The van der Waals surface area contributed by atoms with Crippen molar-refractivity contribution in [2.45, 2.75) is 31.8 Å². The SMILES string of the molecule is CCc1cnc(CSCc2cc(C(C)=O)ccc2OC)o1. The summed E-state index contributed by atoms with van der Waals surface area (Å²) >= 11 is 1.69. The molecule has 1 heterocycles. The molecule has 0 N–H and O–H groups in total. The number of benzene rings is 1. The van der Waals surface area contributed by atoms with Crippen LogP contribution in [0, 0.1) is 0 Å². The maximum atomic E-state index is 11.5. The Morgan fingerprint density at radius 3 is 2.81 bits per heavy atom. The fourth-order valence-electron chi connectivity index (χ4n) is 1.94. The third-order valence-electron chi connectivity index (χ3n) is 3.12. The molecule has 1 aromatic heterocycles. The number of carbonyl (C=O) groups is 1. The van der Waals surface area contributed by atoms with Crippen LogP contribution in [0.4, 0.5) is 0 Å². The summed E-state index contributed by atoms with van der Waals surface area (Å²) in [5.74, 6) is 3.94. The summed E-state index contributed by atoms with van der Waals surface area (Å²) in [6.45, 7) is 3.60. The predicted molar refractivity (Wildman–Crippen MR) is 83.9 cm³/mol. The number of nitrogens with zero attached hydrogens (tertiary/aromatic N) is 1. The molecule has 21 heavy (non-hydrogen) atoms. The van der Waals surface area contributed by atoms with Crippen LogP contribution in [-0.4, -0.2) is 17.9 Å². The van der Waals surface area contributed by atoms with Crippen molar-refractivity contribution in [3.05, 3.63) is 47.2 Å². The lowest BCUT2D eigenvalue weighted by molar-refractivity contribution is 0.101. The van der Waals surface area contributed by atoms with Crippen LogP contribution in [0.5, 0.6) is 5.75 Å². The second-order valence-corrected chi connectivity index (χ2v) is 5.64. The van der Waals surface area contributed by atoms with E-state index in [4.69, 9.17) is 9.15 Å². The molecule has 2 aromatic rings. The number of oxazole rings is 1. The highest BCUT2D eigenvalue weighted by atomic mass is 32.2. The van der Waals surface area contributed by atoms with Gasteiger partial charge in [0.2, 0.25) is 5.89 Å². The molecule has 0 aliphatic heterocycles. The van der Waals surface area contributed by atoms with Gasteiger partial charge in [-0.25, -0.2) is 4.98 Å². The molecule has 0 saturated heterocycles. The van der Waals surface area contributed by atoms with E-state index in [-0.39, 0.29) is 5.78 Å². The minimum Gasteiger partial charge on any atom is -0.496 e. The van der Waals surface area contributed by atoms with Crippen LogP contribution < -0.4 is 4.74 Å². The number of carbonyl (C=O) groups excluding carboxylic acids is 1. The van der Waals surface area contributed by atoms with Gasteiger partial charge in [-0.2, -0.15) is 0 Å². The second-order valence-electron chi connectivity index (χ2n) is 4.65. The van der Waals surface area contributed by atoms with Gasteiger partial charge in [-0.3, -0.25) is 4.79 Å². The van der Waals surface area contributed by atoms with Gasteiger partial charge in [0.25, 0.3) is 0 Å². The van der Waals surface area contributed by atoms with Gasteiger partial charge in [0.15, 0.2) is 5.78 Å².